The Hall–Kier alpha value is -3.73. The van der Waals surface area contributed by atoms with Crippen LogP contribution >= 0.6 is 0 Å². The van der Waals surface area contributed by atoms with E-state index in [1.54, 1.807) is 18.2 Å². The molecule has 1 aliphatic heterocycles. The van der Waals surface area contributed by atoms with Gasteiger partial charge in [-0.15, -0.1) is 0 Å². The fourth-order valence-corrected chi connectivity index (χ4v) is 5.26. The van der Waals surface area contributed by atoms with Crippen LogP contribution in [0.25, 0.3) is 11.4 Å². The Bertz CT molecular complexity index is 1480. The third-order valence-corrected chi connectivity index (χ3v) is 8.18. The van der Waals surface area contributed by atoms with Crippen molar-refractivity contribution in [3.63, 3.8) is 0 Å². The SMILES string of the molecule is CC1CCN(c2nc(-c3cccc(OCC(C)(C)C)n3)ccc2C(=O)NS(=O)(=O)c2cccc(N)n2)C1(C)C. The Balaban J connectivity index is 1.73. The standard InChI is InChI=1S/C28H36N6O4S/c1-18-15-16-34(28(18,5)6)25-19(26(35)33-39(36,37)24-12-8-10-22(29)32-24)13-14-21(31-25)20-9-7-11-23(30-20)38-17-27(2,3)4/h7-14,18H,15-17H2,1-6H3,(H2,29,32)(H,33,35). The predicted octanol–water partition coefficient (Wildman–Crippen LogP) is 4.29. The van der Waals surface area contributed by atoms with Crippen molar-refractivity contribution in [2.45, 2.75) is 58.5 Å². The van der Waals surface area contributed by atoms with Gasteiger partial charge in [0.25, 0.3) is 15.9 Å². The van der Waals surface area contributed by atoms with Crippen LogP contribution in [0.3, 0.4) is 0 Å². The van der Waals surface area contributed by atoms with Crippen molar-refractivity contribution in [2.24, 2.45) is 11.3 Å². The van der Waals surface area contributed by atoms with Crippen molar-refractivity contribution in [3.05, 3.63) is 54.1 Å². The van der Waals surface area contributed by atoms with Crippen LogP contribution < -0.4 is 20.1 Å². The van der Waals surface area contributed by atoms with Crippen molar-refractivity contribution >= 4 is 27.6 Å². The van der Waals surface area contributed by atoms with E-state index in [9.17, 15) is 13.2 Å². The number of rotatable bonds is 7. The molecule has 39 heavy (non-hydrogen) atoms. The lowest BCUT2D eigenvalue weighted by molar-refractivity contribution is 0.0981. The summed E-state index contributed by atoms with van der Waals surface area (Å²) < 4.78 is 33.9. The zero-order valence-electron chi connectivity index (χ0n) is 23.2. The molecule has 3 N–H and O–H groups in total. The van der Waals surface area contributed by atoms with Crippen molar-refractivity contribution in [3.8, 4) is 17.3 Å². The van der Waals surface area contributed by atoms with Crippen LogP contribution in [0.5, 0.6) is 5.88 Å². The molecule has 0 radical (unpaired) electrons. The molecule has 0 aliphatic carbocycles. The second-order valence-electron chi connectivity index (χ2n) is 11.6. The van der Waals surface area contributed by atoms with E-state index in [-0.39, 0.29) is 27.4 Å². The monoisotopic (exact) mass is 552 g/mol. The highest BCUT2D eigenvalue weighted by Crippen LogP contribution is 2.39. The van der Waals surface area contributed by atoms with E-state index in [0.717, 1.165) is 6.42 Å². The van der Waals surface area contributed by atoms with Crippen LogP contribution in [-0.2, 0) is 10.0 Å². The van der Waals surface area contributed by atoms with Gasteiger partial charge in [0.05, 0.1) is 23.6 Å². The first-order valence-electron chi connectivity index (χ1n) is 12.9. The van der Waals surface area contributed by atoms with Gasteiger partial charge in [0.15, 0.2) is 5.03 Å². The lowest BCUT2D eigenvalue weighted by Crippen LogP contribution is -2.43. The summed E-state index contributed by atoms with van der Waals surface area (Å²) in [5.74, 6) is 0.414. The second kappa shape index (κ2) is 10.4. The summed E-state index contributed by atoms with van der Waals surface area (Å²) in [4.78, 5) is 28.8. The van der Waals surface area contributed by atoms with Gasteiger partial charge in [-0.2, -0.15) is 8.42 Å². The molecule has 10 nitrogen and oxygen atoms in total. The maximum absolute atomic E-state index is 13.4. The quantitative estimate of drug-likeness (QED) is 0.439. The first kappa shape index (κ1) is 28.3. The largest absolute Gasteiger partial charge is 0.477 e. The summed E-state index contributed by atoms with van der Waals surface area (Å²) >= 11 is 0. The molecular weight excluding hydrogens is 516 g/mol. The van der Waals surface area contributed by atoms with E-state index in [1.165, 1.54) is 18.2 Å². The number of amides is 1. The Morgan fingerprint density at radius 1 is 1.08 bits per heavy atom. The number of nitrogens with zero attached hydrogens (tertiary/aromatic N) is 4. The number of anilines is 2. The highest BCUT2D eigenvalue weighted by molar-refractivity contribution is 7.90. The van der Waals surface area contributed by atoms with E-state index in [0.29, 0.717) is 42.2 Å². The number of sulfonamides is 1. The number of pyridine rings is 3. The Morgan fingerprint density at radius 3 is 2.41 bits per heavy atom. The smallest absolute Gasteiger partial charge is 0.281 e. The van der Waals surface area contributed by atoms with E-state index in [1.807, 2.05) is 12.1 Å². The molecule has 1 aliphatic rings. The molecule has 3 aromatic heterocycles. The number of carbonyl (C=O) groups is 1. The fourth-order valence-electron chi connectivity index (χ4n) is 4.32. The number of carbonyl (C=O) groups excluding carboxylic acids is 1. The summed E-state index contributed by atoms with van der Waals surface area (Å²) in [7, 11) is -4.26. The number of ether oxygens (including phenoxy) is 1. The van der Waals surface area contributed by atoms with Crippen LogP contribution in [0, 0.1) is 11.3 Å². The summed E-state index contributed by atoms with van der Waals surface area (Å²) in [5.41, 5.74) is 6.55. The van der Waals surface area contributed by atoms with Gasteiger partial charge in [-0.3, -0.25) is 4.79 Å². The lowest BCUT2D eigenvalue weighted by Gasteiger charge is -2.36. The Kier molecular flexibility index (Phi) is 7.57. The third-order valence-electron chi connectivity index (χ3n) is 6.95. The molecule has 3 aromatic rings. The maximum atomic E-state index is 13.4. The van der Waals surface area contributed by atoms with Crippen LogP contribution in [0.15, 0.2) is 53.6 Å². The highest BCUT2D eigenvalue weighted by atomic mass is 32.2. The predicted molar refractivity (Wildman–Crippen MR) is 151 cm³/mol. The topological polar surface area (TPSA) is 140 Å². The molecule has 0 saturated carbocycles. The summed E-state index contributed by atoms with van der Waals surface area (Å²) in [5, 5.41) is -0.339. The summed E-state index contributed by atoms with van der Waals surface area (Å²) in [6, 6.07) is 12.9. The third kappa shape index (κ3) is 6.30. The normalized spacial score (nSPS) is 17.2. The van der Waals surface area contributed by atoms with Gasteiger partial charge in [-0.05, 0) is 61.9 Å². The van der Waals surface area contributed by atoms with Crippen molar-refractivity contribution < 1.29 is 17.9 Å². The van der Waals surface area contributed by atoms with E-state index in [2.05, 4.69) is 61.1 Å². The van der Waals surface area contributed by atoms with Gasteiger partial charge in [-0.25, -0.2) is 19.7 Å². The van der Waals surface area contributed by atoms with E-state index < -0.39 is 15.9 Å². The molecule has 1 saturated heterocycles. The molecule has 208 valence electrons. The van der Waals surface area contributed by atoms with Gasteiger partial charge >= 0.3 is 0 Å². The minimum atomic E-state index is -4.26. The second-order valence-corrected chi connectivity index (χ2v) is 13.2. The minimum Gasteiger partial charge on any atom is -0.477 e. The number of hydrogen-bond donors (Lipinski definition) is 2. The molecule has 1 atom stereocenters. The van der Waals surface area contributed by atoms with Crippen molar-refractivity contribution in [1.29, 1.82) is 0 Å². The van der Waals surface area contributed by atoms with E-state index >= 15 is 0 Å². The fraction of sp³-hybridized carbons (Fsp3) is 0.429. The van der Waals surface area contributed by atoms with Gasteiger partial charge in [0.2, 0.25) is 5.88 Å². The van der Waals surface area contributed by atoms with Crippen LogP contribution in [0.1, 0.15) is 58.3 Å². The summed E-state index contributed by atoms with van der Waals surface area (Å²) in [6.07, 6.45) is 0.903. The van der Waals surface area contributed by atoms with Gasteiger partial charge < -0.3 is 15.4 Å². The molecule has 11 heteroatoms. The number of hydrogen-bond acceptors (Lipinski definition) is 9. The molecule has 0 spiro atoms. The van der Waals surface area contributed by atoms with Crippen molar-refractivity contribution in [1.82, 2.24) is 19.7 Å². The maximum Gasteiger partial charge on any atom is 0.281 e. The Morgan fingerprint density at radius 2 is 1.77 bits per heavy atom. The number of nitrogen functional groups attached to an aromatic ring is 1. The van der Waals surface area contributed by atoms with Gasteiger partial charge in [-0.1, -0.05) is 39.8 Å². The average molecular weight is 553 g/mol. The average Bonchev–Trinajstić information content (AvgIpc) is 3.13. The molecule has 1 amide bonds. The minimum absolute atomic E-state index is 0.0303. The number of nitrogens with two attached hydrogens (primary N) is 1. The molecular formula is C28H36N6O4S. The molecule has 4 rings (SSSR count). The highest BCUT2D eigenvalue weighted by Gasteiger charge is 2.41. The van der Waals surface area contributed by atoms with Crippen LogP contribution in [0.2, 0.25) is 0 Å². The Labute approximate surface area is 230 Å². The van der Waals surface area contributed by atoms with Crippen LogP contribution in [0.4, 0.5) is 11.6 Å². The molecule has 1 unspecified atom stereocenters. The first-order valence-corrected chi connectivity index (χ1v) is 14.3. The van der Waals surface area contributed by atoms with Crippen molar-refractivity contribution in [2.75, 3.05) is 23.8 Å². The zero-order valence-corrected chi connectivity index (χ0v) is 24.0. The lowest BCUT2D eigenvalue weighted by atomic mass is 9.90. The first-order chi connectivity index (χ1) is 18.2. The van der Waals surface area contributed by atoms with Gasteiger partial charge in [0.1, 0.15) is 11.6 Å². The molecule has 0 bridgehead atoms. The van der Waals surface area contributed by atoms with Crippen LogP contribution in [-0.4, -0.2) is 48.0 Å². The molecule has 1 fully saturated rings. The number of nitrogens with one attached hydrogen (secondary N) is 1. The molecule has 0 aromatic carbocycles. The van der Waals surface area contributed by atoms with E-state index in [4.69, 9.17) is 15.5 Å². The zero-order chi connectivity index (χ0) is 28.6. The van der Waals surface area contributed by atoms with Gasteiger partial charge in [0, 0.05) is 18.2 Å². The molecule has 4 heterocycles. The summed E-state index contributed by atoms with van der Waals surface area (Å²) in [6.45, 7) is 13.7. The number of aromatic nitrogens is 3.